The SMILES string of the molecule is CCc1[nH]ccc(=O)c1[N+](=O)[O-]. The van der Waals surface area contributed by atoms with Crippen molar-refractivity contribution in [3.8, 4) is 0 Å². The number of rotatable bonds is 2. The first-order chi connectivity index (χ1) is 5.66. The van der Waals surface area contributed by atoms with E-state index in [0.29, 0.717) is 12.1 Å². The Hall–Kier alpha value is -1.65. The van der Waals surface area contributed by atoms with E-state index >= 15 is 0 Å². The summed E-state index contributed by atoms with van der Waals surface area (Å²) in [4.78, 5) is 23.4. The van der Waals surface area contributed by atoms with Crippen molar-refractivity contribution in [2.45, 2.75) is 13.3 Å². The van der Waals surface area contributed by atoms with Crippen LogP contribution in [0.3, 0.4) is 0 Å². The van der Waals surface area contributed by atoms with E-state index in [4.69, 9.17) is 0 Å². The van der Waals surface area contributed by atoms with Crippen molar-refractivity contribution in [3.05, 3.63) is 38.3 Å². The van der Waals surface area contributed by atoms with Crippen LogP contribution >= 0.6 is 0 Å². The molecule has 1 aromatic heterocycles. The maximum atomic E-state index is 11.0. The molecule has 0 amide bonds. The van der Waals surface area contributed by atoms with E-state index in [1.165, 1.54) is 6.20 Å². The maximum absolute atomic E-state index is 11.0. The van der Waals surface area contributed by atoms with Gasteiger partial charge in [-0.3, -0.25) is 14.9 Å². The van der Waals surface area contributed by atoms with Crippen molar-refractivity contribution >= 4 is 5.69 Å². The number of aryl methyl sites for hydroxylation is 1. The smallest absolute Gasteiger partial charge is 0.335 e. The van der Waals surface area contributed by atoms with E-state index in [9.17, 15) is 14.9 Å². The molecule has 0 aromatic carbocycles. The fourth-order valence-electron chi connectivity index (χ4n) is 0.984. The molecule has 0 bridgehead atoms. The van der Waals surface area contributed by atoms with Gasteiger partial charge in [0.1, 0.15) is 0 Å². The second-order valence-electron chi connectivity index (χ2n) is 2.28. The van der Waals surface area contributed by atoms with E-state index in [0.717, 1.165) is 6.07 Å². The first-order valence-electron chi connectivity index (χ1n) is 3.51. The van der Waals surface area contributed by atoms with Gasteiger partial charge < -0.3 is 4.98 Å². The number of H-pyrrole nitrogens is 1. The number of hydrogen-bond donors (Lipinski definition) is 1. The Kier molecular flexibility index (Phi) is 2.23. The highest BCUT2D eigenvalue weighted by Gasteiger charge is 2.16. The zero-order valence-corrected chi connectivity index (χ0v) is 6.53. The molecule has 5 heteroatoms. The maximum Gasteiger partial charge on any atom is 0.335 e. The molecule has 1 aromatic rings. The lowest BCUT2D eigenvalue weighted by Crippen LogP contribution is -2.10. The van der Waals surface area contributed by atoms with Crippen LogP contribution in [0.5, 0.6) is 0 Å². The fourth-order valence-corrected chi connectivity index (χ4v) is 0.984. The van der Waals surface area contributed by atoms with Crippen molar-refractivity contribution in [1.29, 1.82) is 0 Å². The van der Waals surface area contributed by atoms with Crippen LogP contribution in [0.4, 0.5) is 5.69 Å². The predicted molar refractivity (Wildman–Crippen MR) is 43.1 cm³/mol. The Balaban J connectivity index is 3.40. The summed E-state index contributed by atoms with van der Waals surface area (Å²) < 4.78 is 0. The Morgan fingerprint density at radius 1 is 1.67 bits per heavy atom. The molecule has 1 rings (SSSR count). The second-order valence-corrected chi connectivity index (χ2v) is 2.28. The third-order valence-electron chi connectivity index (χ3n) is 1.55. The lowest BCUT2D eigenvalue weighted by Gasteiger charge is -1.96. The normalized spacial score (nSPS) is 9.75. The molecule has 0 saturated heterocycles. The number of aromatic nitrogens is 1. The lowest BCUT2D eigenvalue weighted by atomic mass is 10.2. The summed E-state index contributed by atoms with van der Waals surface area (Å²) in [6.45, 7) is 1.75. The van der Waals surface area contributed by atoms with E-state index in [1.807, 2.05) is 0 Å². The summed E-state index contributed by atoms with van der Waals surface area (Å²) in [6.07, 6.45) is 1.86. The molecule has 0 atom stereocenters. The molecule has 0 aliphatic carbocycles. The minimum absolute atomic E-state index is 0.347. The molecule has 0 unspecified atom stereocenters. The van der Waals surface area contributed by atoms with Crippen molar-refractivity contribution < 1.29 is 4.92 Å². The molecule has 0 aliphatic rings. The quantitative estimate of drug-likeness (QED) is 0.525. The van der Waals surface area contributed by atoms with Gasteiger partial charge >= 0.3 is 5.69 Å². The van der Waals surface area contributed by atoms with Crippen molar-refractivity contribution in [2.75, 3.05) is 0 Å². The molecule has 12 heavy (non-hydrogen) atoms. The summed E-state index contributed by atoms with van der Waals surface area (Å²) >= 11 is 0. The number of pyridine rings is 1. The number of nitrogens with one attached hydrogen (secondary N) is 1. The van der Waals surface area contributed by atoms with E-state index < -0.39 is 10.4 Å². The number of hydrogen-bond acceptors (Lipinski definition) is 3. The Morgan fingerprint density at radius 3 is 2.75 bits per heavy atom. The Bertz CT molecular complexity index is 356. The molecule has 0 fully saturated rings. The van der Waals surface area contributed by atoms with Crippen LogP contribution in [0.25, 0.3) is 0 Å². The lowest BCUT2D eigenvalue weighted by molar-refractivity contribution is -0.387. The third kappa shape index (κ3) is 1.34. The van der Waals surface area contributed by atoms with Gasteiger partial charge in [-0.15, -0.1) is 0 Å². The van der Waals surface area contributed by atoms with E-state index in [1.54, 1.807) is 6.92 Å². The molecular weight excluding hydrogens is 160 g/mol. The molecule has 1 heterocycles. The summed E-state index contributed by atoms with van der Waals surface area (Å²) in [5.41, 5.74) is -0.525. The minimum Gasteiger partial charge on any atom is -0.359 e. The topological polar surface area (TPSA) is 76.0 Å². The molecule has 0 aliphatic heterocycles. The highest BCUT2D eigenvalue weighted by atomic mass is 16.6. The monoisotopic (exact) mass is 168 g/mol. The first kappa shape index (κ1) is 8.45. The highest BCUT2D eigenvalue weighted by molar-refractivity contribution is 5.34. The predicted octanol–water partition coefficient (Wildman–Crippen LogP) is 0.845. The van der Waals surface area contributed by atoms with Gasteiger partial charge in [0.2, 0.25) is 0 Å². The van der Waals surface area contributed by atoms with Crippen LogP contribution in [-0.2, 0) is 6.42 Å². The molecule has 5 nitrogen and oxygen atoms in total. The Morgan fingerprint density at radius 2 is 2.33 bits per heavy atom. The number of aromatic amines is 1. The standard InChI is InChI=1S/C7H8N2O3/c1-2-5-7(9(11)12)6(10)3-4-8-5/h3-4H,2H2,1H3,(H,8,10). The average Bonchev–Trinajstić information content (AvgIpc) is 2.03. The fraction of sp³-hybridized carbons (Fsp3) is 0.286. The average molecular weight is 168 g/mol. The van der Waals surface area contributed by atoms with E-state index in [-0.39, 0.29) is 5.69 Å². The van der Waals surface area contributed by atoms with E-state index in [2.05, 4.69) is 4.98 Å². The number of nitrogens with zero attached hydrogens (tertiary/aromatic N) is 1. The Labute approximate surface area is 68.2 Å². The summed E-state index contributed by atoms with van der Waals surface area (Å²) in [5, 5.41) is 10.4. The van der Waals surface area contributed by atoms with Crippen LogP contribution in [0.1, 0.15) is 12.6 Å². The molecule has 0 spiro atoms. The van der Waals surface area contributed by atoms with Crippen molar-refractivity contribution in [3.63, 3.8) is 0 Å². The zero-order valence-electron chi connectivity index (χ0n) is 6.53. The van der Waals surface area contributed by atoms with Crippen LogP contribution in [0.15, 0.2) is 17.1 Å². The summed E-state index contributed by atoms with van der Waals surface area (Å²) in [6, 6.07) is 1.15. The van der Waals surface area contributed by atoms with Gasteiger partial charge in [0.25, 0.3) is 5.43 Å². The molecular formula is C7H8N2O3. The molecule has 1 N–H and O–H groups in total. The number of nitro groups is 1. The van der Waals surface area contributed by atoms with Gasteiger partial charge in [0, 0.05) is 12.3 Å². The van der Waals surface area contributed by atoms with Gasteiger partial charge in [-0.25, -0.2) is 0 Å². The van der Waals surface area contributed by atoms with Crippen molar-refractivity contribution in [1.82, 2.24) is 4.98 Å². The van der Waals surface area contributed by atoms with Gasteiger partial charge in [-0.1, -0.05) is 6.92 Å². The van der Waals surface area contributed by atoms with Gasteiger partial charge in [-0.2, -0.15) is 0 Å². The largest absolute Gasteiger partial charge is 0.359 e. The van der Waals surface area contributed by atoms with Gasteiger partial charge in [0.15, 0.2) is 0 Å². The third-order valence-corrected chi connectivity index (χ3v) is 1.55. The van der Waals surface area contributed by atoms with Crippen molar-refractivity contribution in [2.24, 2.45) is 0 Å². The van der Waals surface area contributed by atoms with Crippen LogP contribution in [-0.4, -0.2) is 9.91 Å². The van der Waals surface area contributed by atoms with Crippen LogP contribution < -0.4 is 5.43 Å². The van der Waals surface area contributed by atoms with Crippen LogP contribution in [0.2, 0.25) is 0 Å². The van der Waals surface area contributed by atoms with Gasteiger partial charge in [-0.05, 0) is 6.42 Å². The first-order valence-corrected chi connectivity index (χ1v) is 3.51. The second kappa shape index (κ2) is 3.17. The van der Waals surface area contributed by atoms with Crippen LogP contribution in [0, 0.1) is 10.1 Å². The molecule has 64 valence electrons. The van der Waals surface area contributed by atoms with Gasteiger partial charge in [0.05, 0.1) is 10.6 Å². The molecule has 0 radical (unpaired) electrons. The summed E-state index contributed by atoms with van der Waals surface area (Å²) in [5.74, 6) is 0. The summed E-state index contributed by atoms with van der Waals surface area (Å²) in [7, 11) is 0. The molecule has 0 saturated carbocycles. The minimum atomic E-state index is -0.655. The highest BCUT2D eigenvalue weighted by Crippen LogP contribution is 2.09. The zero-order chi connectivity index (χ0) is 9.14.